The van der Waals surface area contributed by atoms with Gasteiger partial charge in [-0.25, -0.2) is 0 Å². The fourth-order valence-corrected chi connectivity index (χ4v) is 5.42. The van der Waals surface area contributed by atoms with E-state index in [0.717, 1.165) is 6.92 Å². The van der Waals surface area contributed by atoms with E-state index in [-0.39, 0.29) is 6.04 Å². The van der Waals surface area contributed by atoms with Crippen molar-refractivity contribution in [3.63, 3.8) is 0 Å². The smallest absolute Gasteiger partial charge is 0.271 e. The predicted molar refractivity (Wildman–Crippen MR) is 46.3 cm³/mol. The van der Waals surface area contributed by atoms with E-state index in [1.54, 1.807) is 6.92 Å². The van der Waals surface area contributed by atoms with Gasteiger partial charge in [0, 0.05) is 0 Å². The van der Waals surface area contributed by atoms with Crippen LogP contribution in [-0.2, 0) is 0 Å². The van der Waals surface area contributed by atoms with Gasteiger partial charge in [0.15, 0.2) is 0 Å². The van der Waals surface area contributed by atoms with Gasteiger partial charge in [-0.15, -0.1) is 0 Å². The minimum atomic E-state index is -4.63. The second kappa shape index (κ2) is 3.91. The van der Waals surface area contributed by atoms with E-state index in [2.05, 4.69) is 0 Å². The van der Waals surface area contributed by atoms with E-state index in [1.807, 2.05) is 0 Å². The van der Waals surface area contributed by atoms with Gasteiger partial charge < -0.3 is 0 Å². The topological polar surface area (TPSA) is 0 Å². The molecular weight excluding hydrogens is 204 g/mol. The lowest BCUT2D eigenvalue weighted by Gasteiger charge is -2.22. The molecule has 0 aromatic heterocycles. The molecule has 0 aliphatic heterocycles. The molecule has 0 aromatic rings. The van der Waals surface area contributed by atoms with Crippen molar-refractivity contribution in [1.82, 2.24) is 0 Å². The summed E-state index contributed by atoms with van der Waals surface area (Å²) in [5.41, 5.74) is 0. The average molecular weight is 218 g/mol. The summed E-state index contributed by atoms with van der Waals surface area (Å²) >= 11 is 0. The summed E-state index contributed by atoms with van der Waals surface area (Å²) in [5.74, 6) is 0. The highest BCUT2D eigenvalue weighted by Crippen LogP contribution is 2.38. The van der Waals surface area contributed by atoms with Gasteiger partial charge in [-0.05, 0) is 12.6 Å². The van der Waals surface area contributed by atoms with Gasteiger partial charge >= 0.3 is 17.5 Å². The lowest BCUT2D eigenvalue weighted by molar-refractivity contribution is 0.530. The van der Waals surface area contributed by atoms with Gasteiger partial charge in [-0.2, -0.15) is 0 Å². The lowest BCUT2D eigenvalue weighted by atomic mass is 10.6. The van der Waals surface area contributed by atoms with Gasteiger partial charge in [0.05, 0.1) is 5.16 Å². The van der Waals surface area contributed by atoms with E-state index < -0.39 is 22.6 Å². The molecule has 0 rings (SSSR count). The van der Waals surface area contributed by atoms with E-state index >= 15 is 0 Å². The molecule has 0 spiro atoms. The molecule has 74 valence electrons. The van der Waals surface area contributed by atoms with E-state index in [4.69, 9.17) is 0 Å². The van der Waals surface area contributed by atoms with Crippen LogP contribution in [-0.4, -0.2) is 17.5 Å². The van der Waals surface area contributed by atoms with Gasteiger partial charge in [0.2, 0.25) is 0 Å². The maximum Gasteiger partial charge on any atom is 0.430 e. The summed E-state index contributed by atoms with van der Waals surface area (Å²) in [6.45, 7) is 3.31. The molecule has 0 heterocycles. The Morgan fingerprint density at radius 3 is 1.83 bits per heavy atom. The fraction of sp³-hybridized carbons (Fsp3) is 1.00. The second-order valence-corrected chi connectivity index (χ2v) is 9.43. The largest absolute Gasteiger partial charge is 0.430 e. The van der Waals surface area contributed by atoms with Crippen LogP contribution in [0.2, 0.25) is 17.8 Å². The zero-order chi connectivity index (χ0) is 9.99. The summed E-state index contributed by atoms with van der Waals surface area (Å²) in [5, 5.41) is -1.61. The first-order valence-corrected chi connectivity index (χ1v) is 8.34. The van der Waals surface area contributed by atoms with Crippen molar-refractivity contribution >= 4 is 17.5 Å². The Morgan fingerprint density at radius 1 is 1.17 bits per heavy atom. The van der Waals surface area contributed by atoms with Gasteiger partial charge in [-0.1, -0.05) is 20.3 Å². The van der Waals surface area contributed by atoms with Crippen molar-refractivity contribution in [3.05, 3.63) is 0 Å². The SMILES string of the molecule is CCC[Si](F)(F)C(C)[Si](C)(F)F. The number of hydrogen-bond donors (Lipinski definition) is 0. The molecule has 0 fully saturated rings. The molecular formula is C6H14F4Si2. The third kappa shape index (κ3) is 3.26. The van der Waals surface area contributed by atoms with Crippen LogP contribution in [0.4, 0.5) is 16.4 Å². The van der Waals surface area contributed by atoms with Crippen LogP contribution in [0.3, 0.4) is 0 Å². The Balaban J connectivity index is 4.34. The Morgan fingerprint density at radius 2 is 1.58 bits per heavy atom. The van der Waals surface area contributed by atoms with Crippen LogP contribution < -0.4 is 0 Å². The minimum absolute atomic E-state index is 0.300. The van der Waals surface area contributed by atoms with Crippen LogP contribution in [0.1, 0.15) is 20.3 Å². The molecule has 1 unspecified atom stereocenters. The summed E-state index contributed by atoms with van der Waals surface area (Å²) < 4.78 is 51.3. The number of halogens is 4. The molecule has 12 heavy (non-hydrogen) atoms. The maximum absolute atomic E-state index is 13.0. The van der Waals surface area contributed by atoms with Crippen LogP contribution in [0.15, 0.2) is 0 Å². The Kier molecular flexibility index (Phi) is 3.96. The van der Waals surface area contributed by atoms with Gasteiger partial charge in [0.1, 0.15) is 0 Å². The second-order valence-electron chi connectivity index (χ2n) is 3.19. The molecule has 0 saturated carbocycles. The zero-order valence-electron chi connectivity index (χ0n) is 7.50. The summed E-state index contributed by atoms with van der Waals surface area (Å²) in [4.78, 5) is 0. The first-order chi connectivity index (χ1) is 5.22. The van der Waals surface area contributed by atoms with Crippen molar-refractivity contribution in [1.29, 1.82) is 0 Å². The summed E-state index contributed by atoms with van der Waals surface area (Å²) in [6.07, 6.45) is 0.300. The first-order valence-electron chi connectivity index (χ1n) is 3.97. The van der Waals surface area contributed by atoms with E-state index in [0.29, 0.717) is 13.0 Å². The molecule has 0 nitrogen and oxygen atoms in total. The Labute approximate surface area is 72.7 Å². The Bertz CT molecular complexity index is 143. The molecule has 6 heteroatoms. The van der Waals surface area contributed by atoms with E-state index in [9.17, 15) is 16.4 Å². The normalized spacial score (nSPS) is 16.2. The standard InChI is InChI=1S/C6H14F4Si2/c1-4-5-12(9,10)6(2)11(3,7)8/h6H,4-5H2,1-3H3. The zero-order valence-corrected chi connectivity index (χ0v) is 9.50. The van der Waals surface area contributed by atoms with Crippen LogP contribution in [0.5, 0.6) is 0 Å². The summed E-state index contributed by atoms with van der Waals surface area (Å²) in [6, 6.07) is -0.301. The average Bonchev–Trinajstić information content (AvgIpc) is 1.84. The predicted octanol–water partition coefficient (Wildman–Crippen LogP) is 3.72. The molecule has 0 radical (unpaired) electrons. The molecule has 0 aliphatic rings. The molecule has 0 amide bonds. The van der Waals surface area contributed by atoms with Crippen molar-refractivity contribution in [3.8, 4) is 0 Å². The highest BCUT2D eigenvalue weighted by Gasteiger charge is 2.54. The minimum Gasteiger partial charge on any atom is -0.271 e. The molecule has 0 aliphatic carbocycles. The Hall–Kier alpha value is 0.154. The summed E-state index contributed by atoms with van der Waals surface area (Å²) in [7, 11) is -9.25. The first kappa shape index (κ1) is 12.2. The molecule has 0 N–H and O–H groups in total. The molecule has 1 atom stereocenters. The monoisotopic (exact) mass is 218 g/mol. The highest BCUT2D eigenvalue weighted by atomic mass is 28.5. The van der Waals surface area contributed by atoms with Crippen LogP contribution >= 0.6 is 0 Å². The van der Waals surface area contributed by atoms with Crippen molar-refractivity contribution < 1.29 is 16.4 Å². The van der Waals surface area contributed by atoms with Crippen molar-refractivity contribution in [2.45, 2.75) is 38.0 Å². The molecule has 0 saturated heterocycles. The fourth-order valence-electron chi connectivity index (χ4n) is 0.921. The number of rotatable bonds is 4. The highest BCUT2D eigenvalue weighted by molar-refractivity contribution is 6.86. The van der Waals surface area contributed by atoms with Gasteiger partial charge in [0.25, 0.3) is 0 Å². The van der Waals surface area contributed by atoms with Crippen molar-refractivity contribution in [2.75, 3.05) is 0 Å². The van der Waals surface area contributed by atoms with Gasteiger partial charge in [-0.3, -0.25) is 16.4 Å². The third-order valence-corrected chi connectivity index (χ3v) is 8.72. The van der Waals surface area contributed by atoms with Crippen LogP contribution in [0.25, 0.3) is 0 Å². The number of hydrogen-bond acceptors (Lipinski definition) is 0. The molecule has 0 aromatic carbocycles. The molecule has 0 bridgehead atoms. The van der Waals surface area contributed by atoms with E-state index in [1.165, 1.54) is 0 Å². The maximum atomic E-state index is 13.0. The van der Waals surface area contributed by atoms with Crippen LogP contribution in [0, 0.1) is 0 Å². The quantitative estimate of drug-likeness (QED) is 0.383. The van der Waals surface area contributed by atoms with Crippen molar-refractivity contribution in [2.24, 2.45) is 0 Å². The lowest BCUT2D eigenvalue weighted by Crippen LogP contribution is -2.41. The third-order valence-electron chi connectivity index (χ3n) is 1.98.